The molecule has 4 rings (SSSR count). The Balaban J connectivity index is 1.60. The highest BCUT2D eigenvalue weighted by molar-refractivity contribution is 5.95. The Morgan fingerprint density at radius 3 is 2.83 bits per heavy atom. The van der Waals surface area contributed by atoms with E-state index in [1.54, 1.807) is 25.1 Å². The van der Waals surface area contributed by atoms with Crippen molar-refractivity contribution in [1.29, 1.82) is 0 Å². The van der Waals surface area contributed by atoms with Crippen molar-refractivity contribution in [2.75, 3.05) is 13.1 Å². The lowest BCUT2D eigenvalue weighted by atomic mass is 9.98. The van der Waals surface area contributed by atoms with Crippen LogP contribution in [0.25, 0.3) is 5.69 Å². The van der Waals surface area contributed by atoms with Crippen molar-refractivity contribution in [2.24, 2.45) is 17.6 Å². The second kappa shape index (κ2) is 5.70. The molecule has 1 aliphatic heterocycles. The molecule has 0 bridgehead atoms. The van der Waals surface area contributed by atoms with Gasteiger partial charge in [-0.2, -0.15) is 5.10 Å². The number of carbonyl (C=O) groups is 1. The molecule has 0 radical (unpaired) electrons. The standard InChI is InChI=1S/C18H21FN4O/c1-11-13(8-21-23(11)17-5-3-2-4-15(17)19)18(24)22-9-12-6-7-16(20)14(12)10-22/h2-5,8,12,14,16H,6-7,9-10,20H2,1H3. The highest BCUT2D eigenvalue weighted by Crippen LogP contribution is 2.37. The minimum Gasteiger partial charge on any atom is -0.338 e. The number of nitrogens with two attached hydrogens (primary N) is 1. The summed E-state index contributed by atoms with van der Waals surface area (Å²) < 4.78 is 15.5. The summed E-state index contributed by atoms with van der Waals surface area (Å²) in [5, 5.41) is 4.23. The first-order valence-corrected chi connectivity index (χ1v) is 8.40. The van der Waals surface area contributed by atoms with Gasteiger partial charge in [-0.15, -0.1) is 0 Å². The van der Waals surface area contributed by atoms with E-state index < -0.39 is 0 Å². The Labute approximate surface area is 140 Å². The Bertz CT molecular complexity index is 787. The van der Waals surface area contributed by atoms with Crippen LogP contribution in [-0.4, -0.2) is 39.7 Å². The van der Waals surface area contributed by atoms with Gasteiger partial charge in [0.15, 0.2) is 0 Å². The second-order valence-corrected chi connectivity index (χ2v) is 6.88. The molecule has 1 aliphatic carbocycles. The van der Waals surface area contributed by atoms with Crippen LogP contribution in [0.1, 0.15) is 28.9 Å². The lowest BCUT2D eigenvalue weighted by Gasteiger charge is -2.18. The van der Waals surface area contributed by atoms with E-state index in [1.807, 2.05) is 4.90 Å². The summed E-state index contributed by atoms with van der Waals surface area (Å²) in [5.74, 6) is 0.544. The van der Waals surface area contributed by atoms with E-state index >= 15 is 0 Å². The summed E-state index contributed by atoms with van der Waals surface area (Å²) in [4.78, 5) is 14.8. The number of aromatic nitrogens is 2. The van der Waals surface area contributed by atoms with E-state index in [2.05, 4.69) is 5.10 Å². The van der Waals surface area contributed by atoms with Gasteiger partial charge in [-0.1, -0.05) is 12.1 Å². The van der Waals surface area contributed by atoms with Crippen LogP contribution >= 0.6 is 0 Å². The van der Waals surface area contributed by atoms with E-state index in [-0.39, 0.29) is 17.8 Å². The van der Waals surface area contributed by atoms with E-state index in [4.69, 9.17) is 5.73 Å². The van der Waals surface area contributed by atoms with Gasteiger partial charge in [0.1, 0.15) is 11.5 Å². The average molecular weight is 328 g/mol. The maximum absolute atomic E-state index is 14.0. The van der Waals surface area contributed by atoms with Crippen molar-refractivity contribution in [3.8, 4) is 5.69 Å². The fraction of sp³-hybridized carbons (Fsp3) is 0.444. The quantitative estimate of drug-likeness (QED) is 0.918. The lowest BCUT2D eigenvalue weighted by molar-refractivity contribution is 0.0779. The number of fused-ring (bicyclic) bond motifs is 1. The van der Waals surface area contributed by atoms with Crippen molar-refractivity contribution in [3.05, 3.63) is 47.5 Å². The topological polar surface area (TPSA) is 64.2 Å². The number of benzene rings is 1. The largest absolute Gasteiger partial charge is 0.338 e. The SMILES string of the molecule is Cc1c(C(=O)N2CC3CCC(N)C3C2)cnn1-c1ccccc1F. The second-order valence-electron chi connectivity index (χ2n) is 6.88. The number of likely N-dealkylation sites (tertiary alicyclic amines) is 1. The van der Waals surface area contributed by atoms with Gasteiger partial charge >= 0.3 is 0 Å². The van der Waals surface area contributed by atoms with Crippen LogP contribution < -0.4 is 5.73 Å². The predicted molar refractivity (Wildman–Crippen MR) is 88.4 cm³/mol. The molecule has 5 nitrogen and oxygen atoms in total. The molecule has 6 heteroatoms. The molecule has 3 unspecified atom stereocenters. The average Bonchev–Trinajstić information content (AvgIpc) is 3.24. The van der Waals surface area contributed by atoms with E-state index in [9.17, 15) is 9.18 Å². The van der Waals surface area contributed by atoms with E-state index in [1.165, 1.54) is 16.9 Å². The number of nitrogens with zero attached hydrogens (tertiary/aromatic N) is 3. The number of rotatable bonds is 2. The molecular weight excluding hydrogens is 307 g/mol. The van der Waals surface area contributed by atoms with Gasteiger partial charge in [0.05, 0.1) is 17.5 Å². The van der Waals surface area contributed by atoms with Gasteiger partial charge in [-0.25, -0.2) is 9.07 Å². The van der Waals surface area contributed by atoms with Gasteiger partial charge < -0.3 is 10.6 Å². The number of halogens is 1. The molecular formula is C18H21FN4O. The third kappa shape index (κ3) is 2.33. The molecule has 2 aromatic rings. The zero-order valence-corrected chi connectivity index (χ0v) is 13.7. The third-order valence-corrected chi connectivity index (χ3v) is 5.52. The molecule has 1 aromatic carbocycles. The van der Waals surface area contributed by atoms with E-state index in [0.29, 0.717) is 28.8 Å². The normalized spacial score (nSPS) is 26.0. The molecule has 1 saturated carbocycles. The van der Waals surface area contributed by atoms with Crippen molar-refractivity contribution < 1.29 is 9.18 Å². The van der Waals surface area contributed by atoms with Crippen molar-refractivity contribution in [1.82, 2.24) is 14.7 Å². The molecule has 1 amide bonds. The van der Waals surface area contributed by atoms with Crippen molar-refractivity contribution >= 4 is 5.91 Å². The Hall–Kier alpha value is -2.21. The smallest absolute Gasteiger partial charge is 0.257 e. The Kier molecular flexibility index (Phi) is 3.64. The van der Waals surface area contributed by atoms with Gasteiger partial charge in [0.2, 0.25) is 0 Å². The number of hydrogen-bond acceptors (Lipinski definition) is 3. The first kappa shape index (κ1) is 15.3. The van der Waals surface area contributed by atoms with Crippen LogP contribution in [0.5, 0.6) is 0 Å². The minimum atomic E-state index is -0.357. The lowest BCUT2D eigenvalue weighted by Crippen LogP contribution is -2.33. The molecule has 1 saturated heterocycles. The number of para-hydroxylation sites is 1. The molecule has 24 heavy (non-hydrogen) atoms. The fourth-order valence-corrected chi connectivity index (χ4v) is 4.13. The molecule has 1 aromatic heterocycles. The maximum Gasteiger partial charge on any atom is 0.257 e. The fourth-order valence-electron chi connectivity index (χ4n) is 4.13. The molecule has 0 spiro atoms. The molecule has 2 aliphatic rings. The molecule has 2 N–H and O–H groups in total. The van der Waals surface area contributed by atoms with Crippen LogP contribution in [0.2, 0.25) is 0 Å². The summed E-state index contributed by atoms with van der Waals surface area (Å²) in [5.41, 5.74) is 7.70. The zero-order chi connectivity index (χ0) is 16.8. The molecule has 126 valence electrons. The molecule has 2 heterocycles. The summed E-state index contributed by atoms with van der Waals surface area (Å²) in [6, 6.07) is 6.64. The summed E-state index contributed by atoms with van der Waals surface area (Å²) >= 11 is 0. The van der Waals surface area contributed by atoms with Gasteiger partial charge in [0.25, 0.3) is 5.91 Å². The summed E-state index contributed by atoms with van der Waals surface area (Å²) in [6.45, 7) is 3.28. The first-order chi connectivity index (χ1) is 11.6. The highest BCUT2D eigenvalue weighted by atomic mass is 19.1. The molecule has 2 fully saturated rings. The van der Waals surface area contributed by atoms with Crippen LogP contribution in [0.4, 0.5) is 4.39 Å². The summed E-state index contributed by atoms with van der Waals surface area (Å²) in [7, 11) is 0. The maximum atomic E-state index is 14.0. The highest BCUT2D eigenvalue weighted by Gasteiger charge is 2.43. The van der Waals surface area contributed by atoms with Crippen LogP contribution in [0.3, 0.4) is 0 Å². The zero-order valence-electron chi connectivity index (χ0n) is 13.7. The monoisotopic (exact) mass is 328 g/mol. The van der Waals surface area contributed by atoms with Gasteiger partial charge in [0, 0.05) is 19.1 Å². The van der Waals surface area contributed by atoms with Crippen LogP contribution in [0, 0.1) is 24.6 Å². The first-order valence-electron chi connectivity index (χ1n) is 8.40. The predicted octanol–water partition coefficient (Wildman–Crippen LogP) is 2.13. The van der Waals surface area contributed by atoms with Crippen LogP contribution in [0.15, 0.2) is 30.5 Å². The minimum absolute atomic E-state index is 0.0308. The van der Waals surface area contributed by atoms with Gasteiger partial charge in [-0.3, -0.25) is 4.79 Å². The number of amides is 1. The summed E-state index contributed by atoms with van der Waals surface area (Å²) in [6.07, 6.45) is 3.70. The Morgan fingerprint density at radius 2 is 2.08 bits per heavy atom. The third-order valence-electron chi connectivity index (χ3n) is 5.52. The number of hydrogen-bond donors (Lipinski definition) is 1. The number of carbonyl (C=O) groups excluding carboxylic acids is 1. The van der Waals surface area contributed by atoms with Crippen molar-refractivity contribution in [3.63, 3.8) is 0 Å². The van der Waals surface area contributed by atoms with Crippen LogP contribution in [-0.2, 0) is 0 Å². The molecule has 3 atom stereocenters. The van der Waals surface area contributed by atoms with E-state index in [0.717, 1.165) is 25.9 Å². The van der Waals surface area contributed by atoms with Gasteiger partial charge in [-0.05, 0) is 43.7 Å². The van der Waals surface area contributed by atoms with Crippen molar-refractivity contribution in [2.45, 2.75) is 25.8 Å². The Morgan fingerprint density at radius 1 is 1.29 bits per heavy atom.